The van der Waals surface area contributed by atoms with Gasteiger partial charge in [0.2, 0.25) is 5.91 Å². The lowest BCUT2D eigenvalue weighted by Gasteiger charge is -2.27. The Morgan fingerprint density at radius 2 is 1.50 bits per heavy atom. The first-order valence-electron chi connectivity index (χ1n) is 11.8. The van der Waals surface area contributed by atoms with Gasteiger partial charge in [-0.1, -0.05) is 48.5 Å². The van der Waals surface area contributed by atoms with Gasteiger partial charge in [-0.2, -0.15) is 0 Å². The SMILES string of the molecule is Cc1cc(-n2c(C)nc3ccccc3c2=O)ccc1NC(=O)C1c2ccccc2Oc2ccccc21. The zero-order valence-corrected chi connectivity index (χ0v) is 19.9. The first-order chi connectivity index (χ1) is 17.5. The summed E-state index contributed by atoms with van der Waals surface area (Å²) in [7, 11) is 0. The van der Waals surface area contributed by atoms with E-state index in [-0.39, 0.29) is 11.5 Å². The third-order valence-corrected chi connectivity index (χ3v) is 6.61. The van der Waals surface area contributed by atoms with Gasteiger partial charge >= 0.3 is 0 Å². The molecular weight excluding hydrogens is 450 g/mol. The van der Waals surface area contributed by atoms with E-state index >= 15 is 0 Å². The second-order valence-corrected chi connectivity index (χ2v) is 8.92. The van der Waals surface area contributed by atoms with E-state index in [1.54, 1.807) is 10.6 Å². The molecule has 2 heterocycles. The second kappa shape index (κ2) is 8.50. The Balaban J connectivity index is 1.36. The summed E-state index contributed by atoms with van der Waals surface area (Å²) in [6.07, 6.45) is 0. The van der Waals surface area contributed by atoms with Crippen LogP contribution in [0.1, 0.15) is 28.4 Å². The van der Waals surface area contributed by atoms with E-state index < -0.39 is 5.92 Å². The summed E-state index contributed by atoms with van der Waals surface area (Å²) in [5.74, 6) is 1.32. The first kappa shape index (κ1) is 21.8. The number of para-hydroxylation sites is 3. The van der Waals surface area contributed by atoms with Crippen LogP contribution in [0.3, 0.4) is 0 Å². The number of aryl methyl sites for hydroxylation is 2. The van der Waals surface area contributed by atoms with Crippen molar-refractivity contribution in [2.75, 3.05) is 5.32 Å². The highest BCUT2D eigenvalue weighted by Crippen LogP contribution is 2.44. The Hall–Kier alpha value is -4.71. The molecule has 0 spiro atoms. The van der Waals surface area contributed by atoms with E-state index in [4.69, 9.17) is 4.74 Å². The molecule has 176 valence electrons. The minimum atomic E-state index is -0.500. The van der Waals surface area contributed by atoms with E-state index in [0.717, 1.165) is 16.7 Å². The molecule has 1 aliphatic rings. The van der Waals surface area contributed by atoms with Gasteiger partial charge in [-0.25, -0.2) is 4.98 Å². The number of ether oxygens (including phenoxy) is 1. The van der Waals surface area contributed by atoms with Gasteiger partial charge in [-0.05, 0) is 61.9 Å². The predicted octanol–water partition coefficient (Wildman–Crippen LogP) is 5.88. The molecule has 0 unspecified atom stereocenters. The Morgan fingerprint density at radius 1 is 0.861 bits per heavy atom. The number of fused-ring (bicyclic) bond motifs is 3. The van der Waals surface area contributed by atoms with E-state index in [1.807, 2.05) is 98.8 Å². The molecule has 1 N–H and O–H groups in total. The summed E-state index contributed by atoms with van der Waals surface area (Å²) < 4.78 is 7.63. The molecule has 6 rings (SSSR count). The van der Waals surface area contributed by atoms with Gasteiger partial charge in [0, 0.05) is 16.8 Å². The van der Waals surface area contributed by atoms with Crippen LogP contribution in [0.15, 0.2) is 95.8 Å². The van der Waals surface area contributed by atoms with Crippen LogP contribution in [0.25, 0.3) is 16.6 Å². The Bertz CT molecular complexity index is 1680. The van der Waals surface area contributed by atoms with Crippen molar-refractivity contribution in [1.82, 2.24) is 9.55 Å². The highest BCUT2D eigenvalue weighted by molar-refractivity contribution is 6.00. The van der Waals surface area contributed by atoms with Crippen molar-refractivity contribution in [3.63, 3.8) is 0 Å². The number of hydrogen-bond acceptors (Lipinski definition) is 4. The molecule has 1 aromatic heterocycles. The number of anilines is 1. The van der Waals surface area contributed by atoms with Crippen molar-refractivity contribution in [3.05, 3.63) is 124 Å². The van der Waals surface area contributed by atoms with Gasteiger partial charge in [0.25, 0.3) is 5.56 Å². The Labute approximate surface area is 207 Å². The maximum atomic E-state index is 13.6. The van der Waals surface area contributed by atoms with E-state index in [9.17, 15) is 9.59 Å². The molecule has 1 aliphatic heterocycles. The number of amides is 1. The summed E-state index contributed by atoms with van der Waals surface area (Å²) in [6.45, 7) is 3.73. The fourth-order valence-electron chi connectivity index (χ4n) is 4.87. The lowest BCUT2D eigenvalue weighted by Crippen LogP contribution is -2.25. The number of carbonyl (C=O) groups excluding carboxylic acids is 1. The zero-order chi connectivity index (χ0) is 24.8. The average Bonchev–Trinajstić information content (AvgIpc) is 2.88. The maximum Gasteiger partial charge on any atom is 0.265 e. The highest BCUT2D eigenvalue weighted by Gasteiger charge is 2.32. The summed E-state index contributed by atoms with van der Waals surface area (Å²) in [5, 5.41) is 3.67. The second-order valence-electron chi connectivity index (χ2n) is 8.92. The minimum absolute atomic E-state index is 0.121. The van der Waals surface area contributed by atoms with Crippen LogP contribution in [0.5, 0.6) is 11.5 Å². The molecular formula is C30H23N3O3. The smallest absolute Gasteiger partial charge is 0.265 e. The van der Waals surface area contributed by atoms with Gasteiger partial charge < -0.3 is 10.1 Å². The molecule has 0 saturated heterocycles. The number of nitrogens with one attached hydrogen (secondary N) is 1. The van der Waals surface area contributed by atoms with Gasteiger partial charge in [0.1, 0.15) is 17.3 Å². The monoisotopic (exact) mass is 473 g/mol. The Kier molecular flexibility index (Phi) is 5.15. The van der Waals surface area contributed by atoms with Crippen LogP contribution in [0.2, 0.25) is 0 Å². The molecule has 0 atom stereocenters. The quantitative estimate of drug-likeness (QED) is 0.355. The molecule has 36 heavy (non-hydrogen) atoms. The van der Waals surface area contributed by atoms with Crippen molar-refractivity contribution in [1.29, 1.82) is 0 Å². The molecule has 1 amide bonds. The summed E-state index contributed by atoms with van der Waals surface area (Å²) in [6, 6.07) is 28.1. The molecule has 0 radical (unpaired) electrons. The van der Waals surface area contributed by atoms with Crippen LogP contribution < -0.4 is 15.6 Å². The van der Waals surface area contributed by atoms with Crippen molar-refractivity contribution in [2.45, 2.75) is 19.8 Å². The summed E-state index contributed by atoms with van der Waals surface area (Å²) >= 11 is 0. The van der Waals surface area contributed by atoms with Crippen molar-refractivity contribution in [2.24, 2.45) is 0 Å². The topological polar surface area (TPSA) is 73.2 Å². The number of nitrogens with zero attached hydrogens (tertiary/aromatic N) is 2. The van der Waals surface area contributed by atoms with Gasteiger partial charge in [0.15, 0.2) is 0 Å². The van der Waals surface area contributed by atoms with Crippen LogP contribution in [-0.2, 0) is 4.79 Å². The van der Waals surface area contributed by atoms with E-state index in [0.29, 0.717) is 39.6 Å². The van der Waals surface area contributed by atoms with Crippen molar-refractivity contribution >= 4 is 22.5 Å². The number of rotatable bonds is 3. The lowest BCUT2D eigenvalue weighted by atomic mass is 9.87. The fraction of sp³-hybridized carbons (Fsp3) is 0.100. The fourth-order valence-corrected chi connectivity index (χ4v) is 4.87. The van der Waals surface area contributed by atoms with Crippen molar-refractivity contribution in [3.8, 4) is 17.2 Å². The van der Waals surface area contributed by atoms with Crippen LogP contribution in [-0.4, -0.2) is 15.5 Å². The third-order valence-electron chi connectivity index (χ3n) is 6.61. The van der Waals surface area contributed by atoms with Gasteiger partial charge in [-0.3, -0.25) is 14.2 Å². The summed E-state index contributed by atoms with van der Waals surface area (Å²) in [5.41, 5.74) is 4.44. The largest absolute Gasteiger partial charge is 0.457 e. The van der Waals surface area contributed by atoms with Crippen molar-refractivity contribution < 1.29 is 9.53 Å². The number of benzene rings is 4. The molecule has 4 aromatic carbocycles. The van der Waals surface area contributed by atoms with Crippen LogP contribution in [0, 0.1) is 13.8 Å². The predicted molar refractivity (Wildman–Crippen MR) is 140 cm³/mol. The van der Waals surface area contributed by atoms with E-state index in [1.165, 1.54) is 0 Å². The summed E-state index contributed by atoms with van der Waals surface area (Å²) in [4.78, 5) is 31.4. The maximum absolute atomic E-state index is 13.6. The van der Waals surface area contributed by atoms with Gasteiger partial charge in [-0.15, -0.1) is 0 Å². The number of hydrogen-bond donors (Lipinski definition) is 1. The van der Waals surface area contributed by atoms with Crippen LogP contribution >= 0.6 is 0 Å². The minimum Gasteiger partial charge on any atom is -0.457 e. The molecule has 0 saturated carbocycles. The molecule has 0 bridgehead atoms. The van der Waals surface area contributed by atoms with Crippen LogP contribution in [0.4, 0.5) is 5.69 Å². The zero-order valence-electron chi connectivity index (χ0n) is 19.9. The normalized spacial score (nSPS) is 12.5. The molecule has 0 aliphatic carbocycles. The standard InChI is InChI=1S/C30H23N3O3/c1-18-17-20(33-19(2)31-25-12-6-3-9-21(25)30(33)35)15-16-24(18)32-29(34)28-22-10-4-7-13-26(22)36-27-14-8-5-11-23(27)28/h3-17,28H,1-2H3,(H,32,34). The average molecular weight is 474 g/mol. The molecule has 0 fully saturated rings. The Morgan fingerprint density at radius 3 is 2.19 bits per heavy atom. The number of aromatic nitrogens is 2. The highest BCUT2D eigenvalue weighted by atomic mass is 16.5. The number of carbonyl (C=O) groups is 1. The molecule has 5 aromatic rings. The molecule has 6 nitrogen and oxygen atoms in total. The lowest BCUT2D eigenvalue weighted by molar-refractivity contribution is -0.116. The van der Waals surface area contributed by atoms with E-state index in [2.05, 4.69) is 10.3 Å². The third kappa shape index (κ3) is 3.55. The van der Waals surface area contributed by atoms with Gasteiger partial charge in [0.05, 0.1) is 22.5 Å². The molecule has 6 heteroatoms. The first-order valence-corrected chi connectivity index (χ1v) is 11.8.